The molecule has 4 bridgehead atoms. The van der Waals surface area contributed by atoms with Crippen molar-refractivity contribution in [1.82, 2.24) is 5.32 Å². The van der Waals surface area contributed by atoms with E-state index >= 15 is 0 Å². The summed E-state index contributed by atoms with van der Waals surface area (Å²) >= 11 is 0. The number of rotatable bonds is 2. The van der Waals surface area contributed by atoms with Crippen LogP contribution in [0.4, 0.5) is 10.1 Å². The molecule has 4 fully saturated rings. The van der Waals surface area contributed by atoms with Gasteiger partial charge in [-0.05, 0) is 68.4 Å². The van der Waals surface area contributed by atoms with Crippen molar-refractivity contribution in [3.63, 3.8) is 0 Å². The Morgan fingerprint density at radius 3 is 2.29 bits per heavy atom. The molecule has 0 aromatic heterocycles. The number of carbonyl (C=O) groups is 1. The van der Waals surface area contributed by atoms with E-state index in [4.69, 9.17) is 5.73 Å². The SMILES string of the molecule is Nc1c(F)cccc1C(=O)NC12CC3CC(CC(C3)C1)C2. The zero-order valence-corrected chi connectivity index (χ0v) is 12.1. The molecule has 4 aliphatic carbocycles. The summed E-state index contributed by atoms with van der Waals surface area (Å²) < 4.78 is 13.5. The van der Waals surface area contributed by atoms with Gasteiger partial charge in [0, 0.05) is 5.54 Å². The number of hydrogen-bond donors (Lipinski definition) is 2. The third-order valence-corrected chi connectivity index (χ3v) is 5.71. The van der Waals surface area contributed by atoms with Crippen molar-refractivity contribution in [2.75, 3.05) is 5.73 Å². The molecule has 3 N–H and O–H groups in total. The molecular formula is C17H21FN2O. The minimum Gasteiger partial charge on any atom is -0.396 e. The van der Waals surface area contributed by atoms with Crippen molar-refractivity contribution in [2.45, 2.75) is 44.1 Å². The summed E-state index contributed by atoms with van der Waals surface area (Å²) in [6.45, 7) is 0. The number of halogens is 1. The summed E-state index contributed by atoms with van der Waals surface area (Å²) in [4.78, 5) is 12.5. The second-order valence-corrected chi connectivity index (χ2v) is 7.35. The molecule has 1 amide bonds. The number of amides is 1. The van der Waals surface area contributed by atoms with Crippen LogP contribution in [-0.2, 0) is 0 Å². The second kappa shape index (κ2) is 4.46. The number of nitrogen functional groups attached to an aromatic ring is 1. The molecule has 112 valence electrons. The average Bonchev–Trinajstić information content (AvgIpc) is 2.39. The summed E-state index contributed by atoms with van der Waals surface area (Å²) in [6.07, 6.45) is 7.24. The van der Waals surface area contributed by atoms with Crippen LogP contribution in [0.1, 0.15) is 48.9 Å². The Morgan fingerprint density at radius 1 is 1.14 bits per heavy atom. The lowest BCUT2D eigenvalue weighted by molar-refractivity contribution is -0.0166. The molecule has 1 aromatic carbocycles. The van der Waals surface area contributed by atoms with E-state index in [-0.39, 0.29) is 22.7 Å². The number of para-hydroxylation sites is 1. The van der Waals surface area contributed by atoms with Crippen molar-refractivity contribution in [3.05, 3.63) is 29.6 Å². The van der Waals surface area contributed by atoms with Gasteiger partial charge in [-0.3, -0.25) is 4.79 Å². The number of nitrogens with one attached hydrogen (secondary N) is 1. The van der Waals surface area contributed by atoms with E-state index in [1.807, 2.05) is 0 Å². The molecular weight excluding hydrogens is 267 g/mol. The van der Waals surface area contributed by atoms with E-state index in [9.17, 15) is 9.18 Å². The summed E-state index contributed by atoms with van der Waals surface area (Å²) in [6, 6.07) is 4.44. The fraction of sp³-hybridized carbons (Fsp3) is 0.588. The average molecular weight is 288 g/mol. The molecule has 0 aliphatic heterocycles. The Kier molecular flexibility index (Phi) is 2.78. The van der Waals surface area contributed by atoms with Crippen LogP contribution in [-0.4, -0.2) is 11.4 Å². The third kappa shape index (κ3) is 2.12. The Labute approximate surface area is 124 Å². The van der Waals surface area contributed by atoms with Crippen LogP contribution < -0.4 is 11.1 Å². The van der Waals surface area contributed by atoms with E-state index in [0.717, 1.165) is 37.0 Å². The predicted molar refractivity (Wildman–Crippen MR) is 79.2 cm³/mol. The van der Waals surface area contributed by atoms with Crippen molar-refractivity contribution >= 4 is 11.6 Å². The molecule has 0 unspecified atom stereocenters. The van der Waals surface area contributed by atoms with Gasteiger partial charge in [0.05, 0.1) is 11.3 Å². The van der Waals surface area contributed by atoms with Crippen LogP contribution in [0.25, 0.3) is 0 Å². The minimum absolute atomic E-state index is 0.0419. The van der Waals surface area contributed by atoms with Crippen molar-refractivity contribution in [3.8, 4) is 0 Å². The topological polar surface area (TPSA) is 55.1 Å². The maximum absolute atomic E-state index is 13.5. The molecule has 21 heavy (non-hydrogen) atoms. The summed E-state index contributed by atoms with van der Waals surface area (Å²) in [5.41, 5.74) is 5.88. The predicted octanol–water partition coefficient (Wildman–Crippen LogP) is 3.11. The molecule has 0 spiro atoms. The van der Waals surface area contributed by atoms with E-state index in [1.54, 1.807) is 12.1 Å². The third-order valence-electron chi connectivity index (χ3n) is 5.71. The first-order valence-corrected chi connectivity index (χ1v) is 7.91. The first-order valence-electron chi connectivity index (χ1n) is 7.91. The first kappa shape index (κ1) is 13.1. The van der Waals surface area contributed by atoms with Gasteiger partial charge < -0.3 is 11.1 Å². The van der Waals surface area contributed by atoms with Gasteiger partial charge in [-0.2, -0.15) is 0 Å². The van der Waals surface area contributed by atoms with Crippen LogP contribution >= 0.6 is 0 Å². The standard InChI is InChI=1S/C17H21FN2O/c18-14-3-1-2-13(15(14)19)16(21)20-17-7-10-4-11(8-17)6-12(5-10)9-17/h1-3,10-12H,4-9,19H2,(H,20,21). The molecule has 0 saturated heterocycles. The van der Waals surface area contributed by atoms with Gasteiger partial charge in [-0.15, -0.1) is 0 Å². The molecule has 1 aromatic rings. The van der Waals surface area contributed by atoms with Gasteiger partial charge in [-0.25, -0.2) is 4.39 Å². The number of anilines is 1. The van der Waals surface area contributed by atoms with Crippen LogP contribution in [0.3, 0.4) is 0 Å². The largest absolute Gasteiger partial charge is 0.396 e. The Morgan fingerprint density at radius 2 is 1.71 bits per heavy atom. The highest BCUT2D eigenvalue weighted by Gasteiger charge is 2.51. The van der Waals surface area contributed by atoms with Gasteiger partial charge in [0.25, 0.3) is 5.91 Å². The molecule has 0 radical (unpaired) electrons. The first-order chi connectivity index (χ1) is 10.0. The van der Waals surface area contributed by atoms with Gasteiger partial charge >= 0.3 is 0 Å². The fourth-order valence-electron chi connectivity index (χ4n) is 5.31. The van der Waals surface area contributed by atoms with Crippen LogP contribution in [0.2, 0.25) is 0 Å². The lowest BCUT2D eigenvalue weighted by atomic mass is 9.53. The highest BCUT2D eigenvalue weighted by Crippen LogP contribution is 2.55. The molecule has 0 atom stereocenters. The Bertz CT molecular complexity index is 563. The van der Waals surface area contributed by atoms with Crippen LogP contribution in [0, 0.1) is 23.6 Å². The molecule has 4 heteroatoms. The zero-order chi connectivity index (χ0) is 14.6. The van der Waals surface area contributed by atoms with Crippen molar-refractivity contribution in [1.29, 1.82) is 0 Å². The van der Waals surface area contributed by atoms with Gasteiger partial charge in [0.15, 0.2) is 0 Å². The zero-order valence-electron chi connectivity index (χ0n) is 12.1. The molecule has 5 rings (SSSR count). The number of nitrogens with two attached hydrogens (primary N) is 1. The minimum atomic E-state index is -0.520. The summed E-state index contributed by atoms with van der Waals surface area (Å²) in [5.74, 6) is 1.56. The summed E-state index contributed by atoms with van der Waals surface area (Å²) in [7, 11) is 0. The molecule has 4 saturated carbocycles. The lowest BCUT2D eigenvalue weighted by Crippen LogP contribution is -2.59. The maximum Gasteiger partial charge on any atom is 0.253 e. The lowest BCUT2D eigenvalue weighted by Gasteiger charge is -2.56. The van der Waals surface area contributed by atoms with Gasteiger partial charge in [0.1, 0.15) is 5.82 Å². The Balaban J connectivity index is 1.58. The summed E-state index contributed by atoms with van der Waals surface area (Å²) in [5, 5.41) is 3.22. The molecule has 4 aliphatic rings. The molecule has 0 heterocycles. The molecule has 3 nitrogen and oxygen atoms in total. The smallest absolute Gasteiger partial charge is 0.253 e. The highest BCUT2D eigenvalue weighted by atomic mass is 19.1. The van der Waals surface area contributed by atoms with E-state index < -0.39 is 5.82 Å². The quantitative estimate of drug-likeness (QED) is 0.822. The van der Waals surface area contributed by atoms with E-state index in [2.05, 4.69) is 5.32 Å². The van der Waals surface area contributed by atoms with Crippen LogP contribution in [0.5, 0.6) is 0 Å². The number of benzene rings is 1. The normalized spacial score (nSPS) is 36.7. The highest BCUT2D eigenvalue weighted by molar-refractivity contribution is 5.99. The Hall–Kier alpha value is -1.58. The van der Waals surface area contributed by atoms with Crippen molar-refractivity contribution < 1.29 is 9.18 Å². The van der Waals surface area contributed by atoms with Gasteiger partial charge in [0.2, 0.25) is 0 Å². The van der Waals surface area contributed by atoms with Crippen LogP contribution in [0.15, 0.2) is 18.2 Å². The van der Waals surface area contributed by atoms with E-state index in [1.165, 1.54) is 25.3 Å². The van der Waals surface area contributed by atoms with E-state index in [0.29, 0.717) is 0 Å². The van der Waals surface area contributed by atoms with Gasteiger partial charge in [-0.1, -0.05) is 6.07 Å². The fourth-order valence-corrected chi connectivity index (χ4v) is 5.31. The number of hydrogen-bond acceptors (Lipinski definition) is 2. The maximum atomic E-state index is 13.5. The monoisotopic (exact) mass is 288 g/mol. The number of carbonyl (C=O) groups excluding carboxylic acids is 1. The second-order valence-electron chi connectivity index (χ2n) is 7.35. The van der Waals surface area contributed by atoms with Crippen molar-refractivity contribution in [2.24, 2.45) is 17.8 Å².